The van der Waals surface area contributed by atoms with Gasteiger partial charge in [-0.05, 0) is 97.7 Å². The number of aliphatic hydroxyl groups excluding tert-OH is 2. The van der Waals surface area contributed by atoms with Gasteiger partial charge in [-0.25, -0.2) is 4.79 Å². The van der Waals surface area contributed by atoms with E-state index in [1.54, 1.807) is 0 Å². The smallest absolute Gasteiger partial charge is 0.327 e. The topological polar surface area (TPSA) is 77.8 Å². The van der Waals surface area contributed by atoms with Crippen LogP contribution in [0.1, 0.15) is 72.1 Å². The van der Waals surface area contributed by atoms with Gasteiger partial charge in [-0.2, -0.15) is 0 Å². The van der Waals surface area contributed by atoms with Gasteiger partial charge in [0.1, 0.15) is 0 Å². The van der Waals surface area contributed by atoms with Gasteiger partial charge in [-0.15, -0.1) is 0 Å². The van der Waals surface area contributed by atoms with Gasteiger partial charge in [-0.3, -0.25) is 0 Å². The molecule has 0 aromatic rings. The fourth-order valence-corrected chi connectivity index (χ4v) is 8.47. The highest BCUT2D eigenvalue weighted by Crippen LogP contribution is 2.68. The number of hydrogen-bond acceptors (Lipinski definition) is 3. The van der Waals surface area contributed by atoms with Crippen LogP contribution in [0.5, 0.6) is 0 Å². The van der Waals surface area contributed by atoms with Gasteiger partial charge in [0, 0.05) is 6.08 Å². The summed E-state index contributed by atoms with van der Waals surface area (Å²) in [5.74, 6) is 1.82. The Morgan fingerprint density at radius 3 is 2.39 bits per heavy atom. The molecule has 4 unspecified atom stereocenters. The summed E-state index contributed by atoms with van der Waals surface area (Å²) in [4.78, 5) is 11.0. The van der Waals surface area contributed by atoms with Crippen LogP contribution in [0.3, 0.4) is 0 Å². The molecular formula is C24H38O4. The van der Waals surface area contributed by atoms with E-state index in [2.05, 4.69) is 20.8 Å². The van der Waals surface area contributed by atoms with Gasteiger partial charge < -0.3 is 15.3 Å². The molecule has 4 heteroatoms. The number of rotatable bonds is 3. The van der Waals surface area contributed by atoms with Crippen molar-refractivity contribution < 1.29 is 20.1 Å². The zero-order valence-corrected chi connectivity index (χ0v) is 17.7. The van der Waals surface area contributed by atoms with Crippen molar-refractivity contribution in [2.24, 2.45) is 46.3 Å². The SMILES string of the molecule is C[C@H](/C=C/C(=O)O)C1CCC2C3C(CC[C@@]21C)[C@@]1(C)CC[C@H](O)C[C@H]1C[C@@H]3O. The average Bonchev–Trinajstić information content (AvgIpc) is 2.98. The fraction of sp³-hybridized carbons (Fsp3) is 0.875. The molecule has 158 valence electrons. The van der Waals surface area contributed by atoms with Gasteiger partial charge >= 0.3 is 5.97 Å². The summed E-state index contributed by atoms with van der Waals surface area (Å²) in [5, 5.41) is 30.4. The second-order valence-corrected chi connectivity index (χ2v) is 11.0. The first kappa shape index (κ1) is 20.4. The summed E-state index contributed by atoms with van der Waals surface area (Å²) in [7, 11) is 0. The van der Waals surface area contributed by atoms with Crippen molar-refractivity contribution >= 4 is 5.97 Å². The number of carboxylic acids is 1. The molecule has 10 atom stereocenters. The lowest BCUT2D eigenvalue weighted by Gasteiger charge is -2.62. The fourth-order valence-electron chi connectivity index (χ4n) is 8.47. The van der Waals surface area contributed by atoms with E-state index in [0.717, 1.165) is 38.5 Å². The third kappa shape index (κ3) is 3.06. The Bertz CT molecular complexity index is 645. The molecule has 28 heavy (non-hydrogen) atoms. The Kier molecular flexibility index (Phi) is 5.19. The summed E-state index contributed by atoms with van der Waals surface area (Å²) in [6.07, 6.45) is 11.1. The van der Waals surface area contributed by atoms with Crippen LogP contribution in [0.2, 0.25) is 0 Å². The van der Waals surface area contributed by atoms with Crippen molar-refractivity contribution in [3.05, 3.63) is 12.2 Å². The zero-order chi connectivity index (χ0) is 20.3. The maximum absolute atomic E-state index is 11.2. The number of aliphatic hydroxyl groups is 2. The Morgan fingerprint density at radius 2 is 1.68 bits per heavy atom. The molecule has 0 spiro atoms. The number of carbonyl (C=O) groups is 1. The third-order valence-electron chi connectivity index (χ3n) is 9.91. The Morgan fingerprint density at radius 1 is 1.00 bits per heavy atom. The molecule has 4 saturated carbocycles. The highest BCUT2D eigenvalue weighted by molar-refractivity contribution is 5.79. The second-order valence-electron chi connectivity index (χ2n) is 11.0. The second kappa shape index (κ2) is 7.12. The minimum absolute atomic E-state index is 0.187. The van der Waals surface area contributed by atoms with Crippen LogP contribution in [0.25, 0.3) is 0 Å². The molecule has 0 heterocycles. The zero-order valence-electron chi connectivity index (χ0n) is 17.7. The molecule has 0 radical (unpaired) electrons. The van der Waals surface area contributed by atoms with Crippen molar-refractivity contribution in [2.45, 2.75) is 84.3 Å². The van der Waals surface area contributed by atoms with Gasteiger partial charge in [-0.1, -0.05) is 26.8 Å². The first-order valence-electron chi connectivity index (χ1n) is 11.4. The van der Waals surface area contributed by atoms with Crippen molar-refractivity contribution in [3.8, 4) is 0 Å². The van der Waals surface area contributed by atoms with E-state index in [4.69, 9.17) is 5.11 Å². The summed E-state index contributed by atoms with van der Waals surface area (Å²) >= 11 is 0. The average molecular weight is 391 g/mol. The summed E-state index contributed by atoms with van der Waals surface area (Å²) in [6.45, 7) is 7.03. The summed E-state index contributed by atoms with van der Waals surface area (Å²) in [6, 6.07) is 0. The molecule has 0 aromatic heterocycles. The first-order valence-corrected chi connectivity index (χ1v) is 11.4. The maximum atomic E-state index is 11.2. The molecule has 4 aliphatic carbocycles. The van der Waals surface area contributed by atoms with E-state index in [9.17, 15) is 15.0 Å². The number of carboxylic acid groups (broad SMARTS) is 1. The molecule has 4 aliphatic rings. The molecule has 0 aliphatic heterocycles. The Hall–Kier alpha value is -0.870. The number of aliphatic carboxylic acids is 1. The standard InChI is InChI=1S/C24H38O4/c1-14(4-7-21(27)28)17-5-6-18-22-19(9-11-24(17,18)3)23(2)10-8-16(25)12-15(23)13-20(22)26/h4,7,14-20,22,25-26H,5-6,8-13H2,1-3H3,(H,27,28)/b7-4+/t14-,15+,16+,17?,18?,19?,20+,22?,23+,24-/m1/s1. The normalized spacial score (nSPS) is 52.0. The van der Waals surface area contributed by atoms with Crippen molar-refractivity contribution in [1.82, 2.24) is 0 Å². The van der Waals surface area contributed by atoms with Crippen LogP contribution >= 0.6 is 0 Å². The molecule has 0 aromatic carbocycles. The number of hydrogen-bond donors (Lipinski definition) is 3. The van der Waals surface area contributed by atoms with Crippen molar-refractivity contribution in [1.29, 1.82) is 0 Å². The minimum Gasteiger partial charge on any atom is -0.478 e. The lowest BCUT2D eigenvalue weighted by molar-refractivity contribution is -0.173. The monoisotopic (exact) mass is 390 g/mol. The highest BCUT2D eigenvalue weighted by atomic mass is 16.4. The number of allylic oxidation sites excluding steroid dienone is 1. The molecule has 4 fully saturated rings. The Balaban J connectivity index is 1.59. The predicted molar refractivity (Wildman–Crippen MR) is 109 cm³/mol. The minimum atomic E-state index is -0.864. The van der Waals surface area contributed by atoms with Gasteiger partial charge in [0.05, 0.1) is 12.2 Å². The molecule has 0 amide bonds. The van der Waals surface area contributed by atoms with Gasteiger partial charge in [0.15, 0.2) is 0 Å². The van der Waals surface area contributed by atoms with E-state index in [0.29, 0.717) is 29.6 Å². The lowest BCUT2D eigenvalue weighted by Crippen LogP contribution is -2.58. The van der Waals surface area contributed by atoms with E-state index < -0.39 is 5.97 Å². The van der Waals surface area contributed by atoms with E-state index in [1.165, 1.54) is 18.9 Å². The van der Waals surface area contributed by atoms with Crippen molar-refractivity contribution in [3.63, 3.8) is 0 Å². The largest absolute Gasteiger partial charge is 0.478 e. The predicted octanol–water partition coefficient (Wildman–Crippen LogP) is 4.25. The molecule has 0 bridgehead atoms. The third-order valence-corrected chi connectivity index (χ3v) is 9.91. The van der Waals surface area contributed by atoms with Gasteiger partial charge in [0.2, 0.25) is 0 Å². The lowest BCUT2D eigenvalue weighted by atomic mass is 9.43. The van der Waals surface area contributed by atoms with E-state index in [-0.39, 0.29) is 29.0 Å². The van der Waals surface area contributed by atoms with Crippen LogP contribution in [-0.2, 0) is 4.79 Å². The molecular weight excluding hydrogens is 352 g/mol. The highest BCUT2D eigenvalue weighted by Gasteiger charge is 2.62. The van der Waals surface area contributed by atoms with E-state index >= 15 is 0 Å². The Labute approximate surface area is 169 Å². The quantitative estimate of drug-likeness (QED) is 0.630. The van der Waals surface area contributed by atoms with Crippen LogP contribution in [0, 0.1) is 46.3 Å². The summed E-state index contributed by atoms with van der Waals surface area (Å²) < 4.78 is 0. The van der Waals surface area contributed by atoms with Crippen LogP contribution < -0.4 is 0 Å². The summed E-state index contributed by atoms with van der Waals surface area (Å²) in [5.41, 5.74) is 0.457. The molecule has 0 saturated heterocycles. The van der Waals surface area contributed by atoms with Crippen LogP contribution in [0.4, 0.5) is 0 Å². The van der Waals surface area contributed by atoms with Crippen LogP contribution in [0.15, 0.2) is 12.2 Å². The molecule has 4 nitrogen and oxygen atoms in total. The number of fused-ring (bicyclic) bond motifs is 5. The maximum Gasteiger partial charge on any atom is 0.327 e. The van der Waals surface area contributed by atoms with E-state index in [1.807, 2.05) is 6.08 Å². The van der Waals surface area contributed by atoms with Crippen LogP contribution in [-0.4, -0.2) is 33.5 Å². The molecule has 4 rings (SSSR count). The van der Waals surface area contributed by atoms with Crippen molar-refractivity contribution in [2.75, 3.05) is 0 Å². The molecule has 3 N–H and O–H groups in total. The first-order chi connectivity index (χ1) is 13.2. The van der Waals surface area contributed by atoms with Gasteiger partial charge in [0.25, 0.3) is 0 Å².